The highest BCUT2D eigenvalue weighted by Gasteiger charge is 2.40. The largest absolute Gasteiger partial charge is 0.493 e. The Kier molecular flexibility index (Phi) is 5.43. The molecule has 0 radical (unpaired) electrons. The van der Waals surface area contributed by atoms with Crippen molar-refractivity contribution in [3.05, 3.63) is 76.3 Å². The van der Waals surface area contributed by atoms with Gasteiger partial charge >= 0.3 is 0 Å². The minimum atomic E-state index is -0.534. The third-order valence-corrected chi connectivity index (χ3v) is 5.91. The number of Topliss-reactive ketones (excluding diaryl/α,β-unsaturated/α-hetero) is 1. The van der Waals surface area contributed by atoms with E-state index < -0.39 is 5.92 Å². The Morgan fingerprint density at radius 2 is 1.87 bits per heavy atom. The second-order valence-electron chi connectivity index (χ2n) is 7.77. The van der Waals surface area contributed by atoms with Crippen molar-refractivity contribution in [2.75, 3.05) is 19.1 Å². The maximum absolute atomic E-state index is 13.2. The van der Waals surface area contributed by atoms with Gasteiger partial charge in [0.15, 0.2) is 17.3 Å². The molecular weight excluding hydrogens is 390 g/mol. The summed E-state index contributed by atoms with van der Waals surface area (Å²) < 4.78 is 10.8. The van der Waals surface area contributed by atoms with Gasteiger partial charge in [-0.2, -0.15) is 5.26 Å². The number of carbonyl (C=O) groups excluding carboxylic acids is 1. The summed E-state index contributed by atoms with van der Waals surface area (Å²) in [7, 11) is 3.13. The molecule has 0 amide bonds. The molecule has 0 aromatic heterocycles. The summed E-state index contributed by atoms with van der Waals surface area (Å²) in [5, 5.41) is 10.1. The van der Waals surface area contributed by atoms with Crippen LogP contribution in [0.5, 0.6) is 11.5 Å². The number of hydrogen-bond donors (Lipinski definition) is 1. The van der Waals surface area contributed by atoms with Gasteiger partial charge in [-0.15, -0.1) is 0 Å². The second-order valence-corrected chi connectivity index (χ2v) is 7.77. The van der Waals surface area contributed by atoms with Gasteiger partial charge in [0.1, 0.15) is 5.82 Å². The standard InChI is InChI=1S/C25H25N3O3/c1-15-6-4-7-17(12-15)28-19-8-5-9-20(29)24(19)23(18(14-26)25(28)27)16-10-11-21(30-2)22(13-16)31-3/h4,6-7,10-13,23H,5,8-9,27H2,1-3H3. The van der Waals surface area contributed by atoms with Gasteiger partial charge in [0, 0.05) is 23.4 Å². The number of anilines is 1. The van der Waals surface area contributed by atoms with Gasteiger partial charge in [0.05, 0.1) is 31.8 Å². The van der Waals surface area contributed by atoms with Gasteiger partial charge < -0.3 is 15.2 Å². The topological polar surface area (TPSA) is 88.6 Å². The van der Waals surface area contributed by atoms with Gasteiger partial charge in [-0.05, 0) is 55.2 Å². The minimum Gasteiger partial charge on any atom is -0.493 e. The van der Waals surface area contributed by atoms with E-state index in [0.29, 0.717) is 34.9 Å². The Labute approximate surface area is 182 Å². The van der Waals surface area contributed by atoms with Crippen LogP contribution in [-0.4, -0.2) is 20.0 Å². The summed E-state index contributed by atoms with van der Waals surface area (Å²) in [5.41, 5.74) is 11.2. The predicted molar refractivity (Wildman–Crippen MR) is 119 cm³/mol. The first-order valence-corrected chi connectivity index (χ1v) is 10.2. The van der Waals surface area contributed by atoms with E-state index in [0.717, 1.165) is 35.4 Å². The van der Waals surface area contributed by atoms with Crippen molar-refractivity contribution in [1.29, 1.82) is 5.26 Å². The number of aryl methyl sites for hydroxylation is 1. The molecule has 2 aromatic rings. The molecule has 0 saturated carbocycles. The van der Waals surface area contributed by atoms with Crippen LogP contribution in [0.25, 0.3) is 0 Å². The van der Waals surface area contributed by atoms with Crippen LogP contribution in [-0.2, 0) is 4.79 Å². The number of nitrogens with zero attached hydrogens (tertiary/aromatic N) is 2. The summed E-state index contributed by atoms with van der Waals surface area (Å²) in [6.45, 7) is 2.01. The fourth-order valence-electron chi connectivity index (χ4n) is 4.51. The number of nitriles is 1. The predicted octanol–water partition coefficient (Wildman–Crippen LogP) is 4.32. The van der Waals surface area contributed by atoms with Crippen LogP contribution in [0, 0.1) is 18.3 Å². The molecule has 0 spiro atoms. The van der Waals surface area contributed by atoms with E-state index in [1.54, 1.807) is 20.3 Å². The summed E-state index contributed by atoms with van der Waals surface area (Å²) in [6, 6.07) is 15.7. The van der Waals surface area contributed by atoms with Crippen molar-refractivity contribution in [3.8, 4) is 17.6 Å². The Morgan fingerprint density at radius 3 is 2.55 bits per heavy atom. The Balaban J connectivity index is 1.96. The van der Waals surface area contributed by atoms with Crippen LogP contribution in [0.15, 0.2) is 65.1 Å². The number of rotatable bonds is 4. The third kappa shape index (κ3) is 3.42. The van der Waals surface area contributed by atoms with Crippen LogP contribution in [0.2, 0.25) is 0 Å². The molecule has 2 aliphatic rings. The lowest BCUT2D eigenvalue weighted by Gasteiger charge is -2.39. The van der Waals surface area contributed by atoms with Gasteiger partial charge in [0.25, 0.3) is 0 Å². The molecule has 1 heterocycles. The van der Waals surface area contributed by atoms with E-state index in [9.17, 15) is 10.1 Å². The molecule has 4 rings (SSSR count). The third-order valence-electron chi connectivity index (χ3n) is 5.91. The normalized spacial score (nSPS) is 18.6. The Bertz CT molecular complexity index is 1160. The van der Waals surface area contributed by atoms with E-state index in [1.807, 2.05) is 48.2 Å². The van der Waals surface area contributed by atoms with Crippen molar-refractivity contribution in [1.82, 2.24) is 0 Å². The molecule has 1 aliphatic carbocycles. The fraction of sp³-hybridized carbons (Fsp3) is 0.280. The first kappa shape index (κ1) is 20.5. The number of allylic oxidation sites excluding steroid dienone is 3. The summed E-state index contributed by atoms with van der Waals surface area (Å²) in [6.07, 6.45) is 1.94. The highest BCUT2D eigenvalue weighted by molar-refractivity contribution is 6.01. The van der Waals surface area contributed by atoms with Crippen LogP contribution >= 0.6 is 0 Å². The quantitative estimate of drug-likeness (QED) is 0.800. The highest BCUT2D eigenvalue weighted by Crippen LogP contribution is 2.47. The monoisotopic (exact) mass is 415 g/mol. The van der Waals surface area contributed by atoms with Gasteiger partial charge in [-0.3, -0.25) is 9.69 Å². The van der Waals surface area contributed by atoms with E-state index in [1.165, 1.54) is 0 Å². The van der Waals surface area contributed by atoms with E-state index in [-0.39, 0.29) is 5.78 Å². The van der Waals surface area contributed by atoms with E-state index in [4.69, 9.17) is 15.2 Å². The lowest BCUT2D eigenvalue weighted by molar-refractivity contribution is -0.116. The maximum Gasteiger partial charge on any atom is 0.161 e. The molecule has 0 fully saturated rings. The summed E-state index contributed by atoms with van der Waals surface area (Å²) >= 11 is 0. The first-order chi connectivity index (χ1) is 15.0. The van der Waals surface area contributed by atoms with Crippen molar-refractivity contribution >= 4 is 11.5 Å². The van der Waals surface area contributed by atoms with E-state index >= 15 is 0 Å². The molecule has 2 aromatic carbocycles. The zero-order chi connectivity index (χ0) is 22.1. The molecule has 158 valence electrons. The number of ether oxygens (including phenoxy) is 2. The van der Waals surface area contributed by atoms with Gasteiger partial charge in [-0.25, -0.2) is 0 Å². The van der Waals surface area contributed by atoms with Gasteiger partial charge in [-0.1, -0.05) is 18.2 Å². The summed E-state index contributed by atoms with van der Waals surface area (Å²) in [4.78, 5) is 15.1. The Hall–Kier alpha value is -3.72. The van der Waals surface area contributed by atoms with Crippen LogP contribution in [0.4, 0.5) is 5.69 Å². The summed E-state index contributed by atoms with van der Waals surface area (Å²) in [5.74, 6) is 1.01. The molecule has 0 saturated heterocycles. The molecule has 2 N–H and O–H groups in total. The van der Waals surface area contributed by atoms with Crippen LogP contribution in [0.3, 0.4) is 0 Å². The van der Waals surface area contributed by atoms with E-state index in [2.05, 4.69) is 6.07 Å². The van der Waals surface area contributed by atoms with Crippen molar-refractivity contribution < 1.29 is 14.3 Å². The zero-order valence-electron chi connectivity index (χ0n) is 17.9. The SMILES string of the molecule is COc1ccc(C2C(C#N)=C(N)N(c3cccc(C)c3)C3=C2C(=O)CCC3)cc1OC. The number of ketones is 1. The molecule has 6 heteroatoms. The molecule has 31 heavy (non-hydrogen) atoms. The molecule has 0 bridgehead atoms. The first-order valence-electron chi connectivity index (χ1n) is 10.2. The number of methoxy groups -OCH3 is 2. The lowest BCUT2D eigenvalue weighted by atomic mass is 9.75. The van der Waals surface area contributed by atoms with Crippen LogP contribution < -0.4 is 20.1 Å². The average molecular weight is 415 g/mol. The molecule has 6 nitrogen and oxygen atoms in total. The highest BCUT2D eigenvalue weighted by atomic mass is 16.5. The second kappa shape index (κ2) is 8.19. The average Bonchev–Trinajstić information content (AvgIpc) is 2.78. The lowest BCUT2D eigenvalue weighted by Crippen LogP contribution is -2.38. The number of hydrogen-bond acceptors (Lipinski definition) is 6. The van der Waals surface area contributed by atoms with Gasteiger partial charge in [0.2, 0.25) is 0 Å². The minimum absolute atomic E-state index is 0.0546. The zero-order valence-corrected chi connectivity index (χ0v) is 17.9. The fourth-order valence-corrected chi connectivity index (χ4v) is 4.51. The molecule has 1 unspecified atom stereocenters. The Morgan fingerprint density at radius 1 is 1.10 bits per heavy atom. The van der Waals surface area contributed by atoms with Crippen LogP contribution in [0.1, 0.15) is 36.3 Å². The number of benzene rings is 2. The molecule has 1 aliphatic heterocycles. The van der Waals surface area contributed by atoms with Crippen molar-refractivity contribution in [2.24, 2.45) is 5.73 Å². The molecule has 1 atom stereocenters. The van der Waals surface area contributed by atoms with Crippen molar-refractivity contribution in [3.63, 3.8) is 0 Å². The smallest absolute Gasteiger partial charge is 0.161 e. The number of nitrogens with two attached hydrogens (primary N) is 1. The number of carbonyl (C=O) groups is 1. The molecular formula is C25H25N3O3. The van der Waals surface area contributed by atoms with Crippen molar-refractivity contribution in [2.45, 2.75) is 32.1 Å². The maximum atomic E-state index is 13.2.